The van der Waals surface area contributed by atoms with Gasteiger partial charge in [-0.25, -0.2) is 0 Å². The van der Waals surface area contributed by atoms with Gasteiger partial charge in [-0.1, -0.05) is 171 Å². The lowest BCUT2D eigenvalue weighted by molar-refractivity contribution is 0.195. The van der Waals surface area contributed by atoms with Crippen LogP contribution in [-0.2, 0) is 5.41 Å². The minimum absolute atomic E-state index is 0.0101. The summed E-state index contributed by atoms with van der Waals surface area (Å²) in [7, 11) is 0. The molecule has 11 aromatic carbocycles. The summed E-state index contributed by atoms with van der Waals surface area (Å²) in [6.07, 6.45) is 4.93. The molecule has 1 fully saturated rings. The molecular weight excluding hydrogens is 723 g/mol. The molecule has 2 aliphatic rings. The van der Waals surface area contributed by atoms with E-state index in [1.165, 1.54) is 146 Å². The molecule has 0 aromatic heterocycles. The molecule has 1 saturated carbocycles. The third kappa shape index (κ3) is 4.32. The van der Waals surface area contributed by atoms with Crippen LogP contribution in [0.15, 0.2) is 170 Å². The zero-order chi connectivity index (χ0) is 39.9. The van der Waals surface area contributed by atoms with Crippen LogP contribution in [0.25, 0.3) is 98.0 Å². The first-order valence-corrected chi connectivity index (χ1v) is 21.9. The lowest BCUT2D eigenvalue weighted by atomic mass is 9.61. The van der Waals surface area contributed by atoms with Crippen LogP contribution in [0.3, 0.4) is 0 Å². The van der Waals surface area contributed by atoms with Gasteiger partial charge in [-0.2, -0.15) is 0 Å². The van der Waals surface area contributed by atoms with Crippen LogP contribution in [0.4, 0.5) is 11.4 Å². The second-order valence-corrected chi connectivity index (χ2v) is 18.3. The Morgan fingerprint density at radius 3 is 1.62 bits per heavy atom. The van der Waals surface area contributed by atoms with Crippen LogP contribution < -0.4 is 4.90 Å². The second kappa shape index (κ2) is 12.2. The Kier molecular flexibility index (Phi) is 6.94. The fourth-order valence-corrected chi connectivity index (χ4v) is 12.4. The highest BCUT2D eigenvalue weighted by Gasteiger charge is 2.57. The van der Waals surface area contributed by atoms with Gasteiger partial charge in [0, 0.05) is 16.8 Å². The maximum absolute atomic E-state index is 2.70. The Morgan fingerprint density at radius 2 is 0.983 bits per heavy atom. The average Bonchev–Trinajstić information content (AvgIpc) is 3.87. The third-order valence-electron chi connectivity index (χ3n) is 15.4. The fraction of sp³-hybridized carbons (Fsp3) is 0.153. The minimum Gasteiger partial charge on any atom is -0.334 e. The van der Waals surface area contributed by atoms with Crippen LogP contribution in [-0.4, -0.2) is 5.54 Å². The third-order valence-corrected chi connectivity index (χ3v) is 15.4. The molecule has 0 bridgehead atoms. The first-order valence-electron chi connectivity index (χ1n) is 21.9. The number of nitrogens with zero attached hydrogens (tertiary/aromatic N) is 1. The van der Waals surface area contributed by atoms with Crippen molar-refractivity contribution in [3.05, 3.63) is 181 Å². The highest BCUT2D eigenvalue weighted by molar-refractivity contribution is 6.46. The van der Waals surface area contributed by atoms with Crippen LogP contribution >= 0.6 is 0 Å². The van der Waals surface area contributed by atoms with Gasteiger partial charge in [-0.15, -0.1) is 0 Å². The van der Waals surface area contributed by atoms with Gasteiger partial charge in [-0.05, 0) is 155 Å². The van der Waals surface area contributed by atoms with Crippen molar-refractivity contribution < 1.29 is 0 Å². The summed E-state index contributed by atoms with van der Waals surface area (Å²) in [5, 5.41) is 16.1. The molecular formula is C59H45N. The van der Waals surface area contributed by atoms with E-state index < -0.39 is 0 Å². The zero-order valence-corrected chi connectivity index (χ0v) is 34.4. The smallest absolute Gasteiger partial charge is 0.0517 e. The van der Waals surface area contributed by atoms with Gasteiger partial charge in [0.15, 0.2) is 0 Å². The molecule has 1 heteroatoms. The first kappa shape index (κ1) is 34.2. The second-order valence-electron chi connectivity index (χ2n) is 18.3. The lowest BCUT2D eigenvalue weighted by Gasteiger charge is -2.50. The Hall–Kier alpha value is -6.70. The van der Waals surface area contributed by atoms with E-state index in [0.717, 1.165) is 0 Å². The summed E-state index contributed by atoms with van der Waals surface area (Å²) in [5.74, 6) is 0. The normalized spacial score (nSPS) is 19.1. The minimum atomic E-state index is 0.0101. The Bertz CT molecular complexity index is 3380. The molecule has 2 atom stereocenters. The first-order chi connectivity index (χ1) is 29.4. The van der Waals surface area contributed by atoms with Gasteiger partial charge in [-0.3, -0.25) is 0 Å². The molecule has 286 valence electrons. The Morgan fingerprint density at radius 1 is 0.433 bits per heavy atom. The van der Waals surface area contributed by atoms with E-state index in [1.54, 1.807) is 0 Å². The summed E-state index contributed by atoms with van der Waals surface area (Å²) in [6.45, 7) is 7.28. The zero-order valence-electron chi connectivity index (χ0n) is 34.4. The van der Waals surface area contributed by atoms with Gasteiger partial charge in [0.2, 0.25) is 0 Å². The molecule has 60 heavy (non-hydrogen) atoms. The van der Waals surface area contributed by atoms with E-state index in [2.05, 4.69) is 196 Å². The van der Waals surface area contributed by atoms with E-state index in [-0.39, 0.29) is 11.0 Å². The van der Waals surface area contributed by atoms with Crippen molar-refractivity contribution in [1.82, 2.24) is 0 Å². The van der Waals surface area contributed by atoms with Crippen LogP contribution in [0, 0.1) is 6.92 Å². The Balaban J connectivity index is 1.14. The van der Waals surface area contributed by atoms with Gasteiger partial charge in [0.25, 0.3) is 0 Å². The van der Waals surface area contributed by atoms with E-state index in [4.69, 9.17) is 0 Å². The molecule has 2 unspecified atom stereocenters. The highest BCUT2D eigenvalue weighted by atomic mass is 15.3. The van der Waals surface area contributed by atoms with E-state index in [0.29, 0.717) is 0 Å². The van der Waals surface area contributed by atoms with Crippen molar-refractivity contribution in [1.29, 1.82) is 0 Å². The SMILES string of the molecule is Cc1ccc(N2c3ccc(-c4ccc5c6c(-c7ccccc7)c7c8cccc9cccc(c7c(-c7ccccc7)c6c6cccc4c65)c98)cc3C3(C)CCCCC23C)cc1. The molecule has 1 heterocycles. The maximum atomic E-state index is 2.70. The molecule has 0 amide bonds. The number of aryl methyl sites for hydroxylation is 1. The Labute approximate surface area is 351 Å². The number of hydrogen-bond acceptors (Lipinski definition) is 1. The fourth-order valence-electron chi connectivity index (χ4n) is 12.4. The van der Waals surface area contributed by atoms with Crippen LogP contribution in [0.1, 0.15) is 50.7 Å². The van der Waals surface area contributed by atoms with Crippen molar-refractivity contribution >= 4 is 76.0 Å². The molecule has 1 nitrogen and oxygen atoms in total. The predicted molar refractivity (Wildman–Crippen MR) is 258 cm³/mol. The monoisotopic (exact) mass is 767 g/mol. The number of hydrogen-bond donors (Lipinski definition) is 0. The number of rotatable bonds is 4. The van der Waals surface area contributed by atoms with Gasteiger partial charge in [0.05, 0.1) is 5.54 Å². The molecule has 0 radical (unpaired) electrons. The quantitative estimate of drug-likeness (QED) is 0.172. The van der Waals surface area contributed by atoms with Crippen molar-refractivity contribution in [3.63, 3.8) is 0 Å². The molecule has 0 N–H and O–H groups in total. The molecule has 0 spiro atoms. The van der Waals surface area contributed by atoms with Gasteiger partial charge < -0.3 is 4.90 Å². The molecule has 1 aliphatic carbocycles. The largest absolute Gasteiger partial charge is 0.334 e. The van der Waals surface area contributed by atoms with E-state index in [9.17, 15) is 0 Å². The molecule has 1 aliphatic heterocycles. The summed E-state index contributed by atoms with van der Waals surface area (Å²) >= 11 is 0. The van der Waals surface area contributed by atoms with Crippen molar-refractivity contribution in [3.8, 4) is 33.4 Å². The van der Waals surface area contributed by atoms with Crippen molar-refractivity contribution in [2.24, 2.45) is 0 Å². The average molecular weight is 768 g/mol. The lowest BCUT2D eigenvalue weighted by Crippen LogP contribution is -2.54. The molecule has 0 saturated heterocycles. The molecule has 13 rings (SSSR count). The van der Waals surface area contributed by atoms with Crippen molar-refractivity contribution in [2.75, 3.05) is 4.90 Å². The standard InChI is InChI=1S/C59H45N/c1-36-25-28-41(29-26-36)60-49-32-27-40(35-48(49)58(2)33-10-11-34-59(58,60)3)42-30-31-47-53-43(42)21-14-24-46(53)56-51(38-15-6-4-7-16-38)54-44-22-12-19-37-20-13-23-45(50(37)44)55(54)52(57(47)56)39-17-8-5-9-18-39/h4-9,12-32,35H,10-11,33-34H2,1-3H3. The highest BCUT2D eigenvalue weighted by Crippen LogP contribution is 2.62. The van der Waals surface area contributed by atoms with E-state index in [1.807, 2.05) is 0 Å². The predicted octanol–water partition coefficient (Wildman–Crippen LogP) is 16.5. The van der Waals surface area contributed by atoms with Crippen LogP contribution in [0.2, 0.25) is 0 Å². The summed E-state index contributed by atoms with van der Waals surface area (Å²) < 4.78 is 0. The van der Waals surface area contributed by atoms with Gasteiger partial charge >= 0.3 is 0 Å². The van der Waals surface area contributed by atoms with Crippen molar-refractivity contribution in [2.45, 2.75) is 57.4 Å². The summed E-state index contributed by atoms with van der Waals surface area (Å²) in [4.78, 5) is 2.70. The maximum Gasteiger partial charge on any atom is 0.0517 e. The van der Waals surface area contributed by atoms with E-state index >= 15 is 0 Å². The topological polar surface area (TPSA) is 3.24 Å². The number of benzene rings is 9. The summed E-state index contributed by atoms with van der Waals surface area (Å²) in [6, 6.07) is 64.8. The number of fused-ring (bicyclic) bond motifs is 9. The summed E-state index contributed by atoms with van der Waals surface area (Å²) in [5.41, 5.74) is 13.4. The van der Waals surface area contributed by atoms with Crippen LogP contribution in [0.5, 0.6) is 0 Å². The van der Waals surface area contributed by atoms with Gasteiger partial charge in [0.1, 0.15) is 0 Å². The number of anilines is 2. The molecule has 11 aromatic rings.